The molecule has 1 saturated carbocycles. The summed E-state index contributed by atoms with van der Waals surface area (Å²) in [4.78, 5) is 12.1. The number of carbonyl (C=O) groups excluding carboxylic acids is 1. The van der Waals surface area contributed by atoms with Gasteiger partial charge in [0.15, 0.2) is 0 Å². The van der Waals surface area contributed by atoms with Gasteiger partial charge in [-0.3, -0.25) is 4.55 Å². The van der Waals surface area contributed by atoms with Gasteiger partial charge in [0.05, 0.1) is 11.1 Å². The van der Waals surface area contributed by atoms with Gasteiger partial charge in [-0.1, -0.05) is 20.8 Å². The van der Waals surface area contributed by atoms with Crippen LogP contribution in [0.4, 0.5) is 13.2 Å². The van der Waals surface area contributed by atoms with Gasteiger partial charge in [-0.2, -0.15) is 21.6 Å². The lowest BCUT2D eigenvalue weighted by Crippen LogP contribution is -2.46. The molecule has 1 N–H and O–H groups in total. The topological polar surface area (TPSA) is 89.9 Å². The molecule has 1 aliphatic rings. The molecule has 0 aliphatic heterocycles. The smallest absolute Gasteiger partial charge is 0.419 e. The quantitative estimate of drug-likeness (QED) is 0.520. The van der Waals surface area contributed by atoms with E-state index in [4.69, 9.17) is 14.0 Å². The Morgan fingerprint density at radius 3 is 2.24 bits per heavy atom. The second-order valence-electron chi connectivity index (χ2n) is 8.18. The van der Waals surface area contributed by atoms with Crippen molar-refractivity contribution >= 4 is 16.1 Å². The van der Waals surface area contributed by atoms with E-state index >= 15 is 0 Å². The van der Waals surface area contributed by atoms with E-state index in [2.05, 4.69) is 0 Å². The highest BCUT2D eigenvalue weighted by atomic mass is 32.2. The van der Waals surface area contributed by atoms with Gasteiger partial charge in [0, 0.05) is 5.41 Å². The number of alkyl halides is 3. The van der Waals surface area contributed by atoms with E-state index in [0.29, 0.717) is 12.8 Å². The highest BCUT2D eigenvalue weighted by molar-refractivity contribution is 7.85. The Balaban J connectivity index is 2.36. The van der Waals surface area contributed by atoms with Crippen molar-refractivity contribution in [2.75, 3.05) is 12.4 Å². The maximum Gasteiger partial charge on any atom is 0.419 e. The minimum atomic E-state index is -4.68. The Hall–Kier alpha value is -1.81. The predicted molar refractivity (Wildman–Crippen MR) is 99.4 cm³/mol. The molecule has 0 unspecified atom stereocenters. The summed E-state index contributed by atoms with van der Waals surface area (Å²) >= 11 is 0. The molecule has 0 saturated heterocycles. The zero-order valence-electron chi connectivity index (χ0n) is 16.5. The molecule has 6 nitrogen and oxygen atoms in total. The van der Waals surface area contributed by atoms with Gasteiger partial charge in [-0.25, -0.2) is 4.79 Å². The largest absolute Gasteiger partial charge is 0.486 e. The van der Waals surface area contributed by atoms with Crippen LogP contribution >= 0.6 is 0 Å². The summed E-state index contributed by atoms with van der Waals surface area (Å²) in [6.07, 6.45) is -1.83. The lowest BCUT2D eigenvalue weighted by Gasteiger charge is -2.42. The zero-order chi connectivity index (χ0) is 22.1. The van der Waals surface area contributed by atoms with Crippen LogP contribution in [-0.2, 0) is 21.0 Å². The fourth-order valence-electron chi connectivity index (χ4n) is 3.45. The summed E-state index contributed by atoms with van der Waals surface area (Å²) in [5.74, 6) is -2.28. The first-order valence-electron chi connectivity index (χ1n) is 9.17. The molecule has 0 amide bonds. The number of hydrogen-bond acceptors (Lipinski definition) is 5. The molecular weight excluding hydrogens is 413 g/mol. The highest BCUT2D eigenvalue weighted by Crippen LogP contribution is 2.48. The van der Waals surface area contributed by atoms with Gasteiger partial charge in [0.25, 0.3) is 10.1 Å². The number of esters is 1. The van der Waals surface area contributed by atoms with Crippen molar-refractivity contribution in [3.63, 3.8) is 0 Å². The van der Waals surface area contributed by atoms with Crippen molar-refractivity contribution in [3.05, 3.63) is 29.3 Å². The third kappa shape index (κ3) is 5.85. The Morgan fingerprint density at radius 2 is 1.76 bits per heavy atom. The van der Waals surface area contributed by atoms with Crippen LogP contribution in [0.15, 0.2) is 18.2 Å². The standard InChI is InChI=1S/C19H25F3O6S/c1-17(2,3)18(8-4-5-9-18)28-15-12-13(6-7-14(15)19(20,21)22)16(23)27-10-11-29(24,25)26/h6-7,12H,4-5,8-11H2,1-3H3,(H,24,25,26). The fourth-order valence-corrected chi connectivity index (χ4v) is 3.75. The molecule has 1 aliphatic carbocycles. The monoisotopic (exact) mass is 438 g/mol. The normalized spacial score (nSPS) is 17.2. The minimum absolute atomic E-state index is 0.203. The number of hydrogen-bond donors (Lipinski definition) is 1. The molecule has 29 heavy (non-hydrogen) atoms. The summed E-state index contributed by atoms with van der Waals surface area (Å²) in [5.41, 5.74) is -2.44. The molecule has 0 aromatic heterocycles. The van der Waals surface area contributed by atoms with Gasteiger partial charge in [0.2, 0.25) is 0 Å². The van der Waals surface area contributed by atoms with Crippen LogP contribution < -0.4 is 4.74 Å². The van der Waals surface area contributed by atoms with E-state index in [1.54, 1.807) is 0 Å². The molecular formula is C19H25F3O6S. The number of carbonyl (C=O) groups is 1. The molecule has 1 aromatic carbocycles. The van der Waals surface area contributed by atoms with Crippen LogP contribution in [0.5, 0.6) is 5.75 Å². The molecule has 0 heterocycles. The Labute approximate surface area is 168 Å². The third-order valence-corrected chi connectivity index (χ3v) is 5.86. The van der Waals surface area contributed by atoms with Crippen LogP contribution in [-0.4, -0.2) is 36.9 Å². The van der Waals surface area contributed by atoms with Crippen LogP contribution in [0.3, 0.4) is 0 Å². The molecule has 2 rings (SSSR count). The number of ether oxygens (including phenoxy) is 2. The molecule has 10 heteroatoms. The van der Waals surface area contributed by atoms with Crippen molar-refractivity contribution in [1.82, 2.24) is 0 Å². The first-order chi connectivity index (χ1) is 13.1. The second kappa shape index (κ2) is 8.14. The number of rotatable bonds is 6. The predicted octanol–water partition coefficient (Wildman–Crippen LogP) is 4.49. The SMILES string of the molecule is CC(C)(C)C1(Oc2cc(C(=O)OCCS(=O)(=O)O)ccc2C(F)(F)F)CCCC1. The van der Waals surface area contributed by atoms with Crippen LogP contribution in [0.25, 0.3) is 0 Å². The number of halogens is 3. The van der Waals surface area contributed by atoms with Crippen LogP contribution in [0, 0.1) is 5.41 Å². The summed E-state index contributed by atoms with van der Waals surface area (Å²) in [7, 11) is -4.33. The zero-order valence-corrected chi connectivity index (χ0v) is 17.3. The van der Waals surface area contributed by atoms with E-state index in [0.717, 1.165) is 31.0 Å². The first kappa shape index (κ1) is 23.5. The lowest BCUT2D eigenvalue weighted by molar-refractivity contribution is -0.141. The van der Waals surface area contributed by atoms with E-state index in [1.807, 2.05) is 20.8 Å². The summed E-state index contributed by atoms with van der Waals surface area (Å²) in [6, 6.07) is 2.67. The van der Waals surface area contributed by atoms with Crippen molar-refractivity contribution < 1.29 is 40.4 Å². The van der Waals surface area contributed by atoms with Gasteiger partial charge < -0.3 is 9.47 Å². The van der Waals surface area contributed by atoms with Crippen molar-refractivity contribution in [3.8, 4) is 5.75 Å². The Bertz CT molecular complexity index is 850. The van der Waals surface area contributed by atoms with E-state index < -0.39 is 57.0 Å². The Kier molecular flexibility index (Phi) is 6.59. The first-order valence-corrected chi connectivity index (χ1v) is 10.8. The minimum Gasteiger partial charge on any atom is -0.486 e. The number of benzene rings is 1. The van der Waals surface area contributed by atoms with Crippen LogP contribution in [0.1, 0.15) is 62.4 Å². The maximum atomic E-state index is 13.5. The van der Waals surface area contributed by atoms with Gasteiger partial charge in [0.1, 0.15) is 23.7 Å². The Morgan fingerprint density at radius 1 is 1.17 bits per heavy atom. The average molecular weight is 438 g/mol. The third-order valence-electron chi connectivity index (χ3n) is 5.18. The maximum absolute atomic E-state index is 13.5. The van der Waals surface area contributed by atoms with Gasteiger partial charge >= 0.3 is 12.1 Å². The molecule has 1 fully saturated rings. The summed E-state index contributed by atoms with van der Waals surface area (Å²) < 4.78 is 81.3. The highest BCUT2D eigenvalue weighted by Gasteiger charge is 2.48. The van der Waals surface area contributed by atoms with Crippen molar-refractivity contribution in [2.24, 2.45) is 5.41 Å². The lowest BCUT2D eigenvalue weighted by atomic mass is 9.75. The summed E-state index contributed by atoms with van der Waals surface area (Å²) in [5, 5.41) is 0. The van der Waals surface area contributed by atoms with Gasteiger partial charge in [-0.05, 0) is 43.9 Å². The molecule has 0 bridgehead atoms. The van der Waals surface area contributed by atoms with E-state index in [9.17, 15) is 26.4 Å². The molecule has 1 aromatic rings. The summed E-state index contributed by atoms with van der Waals surface area (Å²) in [6.45, 7) is 5.08. The van der Waals surface area contributed by atoms with Crippen molar-refractivity contribution in [1.29, 1.82) is 0 Å². The van der Waals surface area contributed by atoms with Gasteiger partial charge in [-0.15, -0.1) is 0 Å². The molecule has 0 radical (unpaired) electrons. The van der Waals surface area contributed by atoms with Crippen LogP contribution in [0.2, 0.25) is 0 Å². The van der Waals surface area contributed by atoms with E-state index in [-0.39, 0.29) is 5.56 Å². The molecule has 0 spiro atoms. The van der Waals surface area contributed by atoms with E-state index in [1.165, 1.54) is 0 Å². The van der Waals surface area contributed by atoms with Crippen molar-refractivity contribution in [2.45, 2.75) is 58.2 Å². The fraction of sp³-hybridized carbons (Fsp3) is 0.632. The second-order valence-corrected chi connectivity index (χ2v) is 9.76. The average Bonchev–Trinajstić information content (AvgIpc) is 3.02. The molecule has 0 atom stereocenters. The molecule has 164 valence electrons.